The zero-order valence-electron chi connectivity index (χ0n) is 12.3. The molecule has 0 fully saturated rings. The van der Waals surface area contributed by atoms with Gasteiger partial charge in [0.1, 0.15) is 0 Å². The summed E-state index contributed by atoms with van der Waals surface area (Å²) >= 11 is 0. The van der Waals surface area contributed by atoms with Crippen molar-refractivity contribution >= 4 is 28.2 Å². The quantitative estimate of drug-likeness (QED) is 0.443. The van der Waals surface area contributed by atoms with Gasteiger partial charge in [0.2, 0.25) is 11.6 Å². The maximum atomic E-state index is 13.9. The molecule has 3 aromatic rings. The molecule has 0 spiro atoms. The number of carbonyl (C=O) groups is 1. The van der Waals surface area contributed by atoms with Gasteiger partial charge in [-0.25, -0.2) is 8.78 Å². The van der Waals surface area contributed by atoms with Crippen LogP contribution in [-0.2, 0) is 0 Å². The molecule has 25 heavy (non-hydrogen) atoms. The van der Waals surface area contributed by atoms with Crippen molar-refractivity contribution in [2.45, 2.75) is 0 Å². The van der Waals surface area contributed by atoms with Crippen LogP contribution in [0, 0.1) is 27.6 Å². The monoisotopic (exact) mass is 347 g/mol. The number of nitrogens with zero attached hydrogens (tertiary/aromatic N) is 2. The number of benzene rings is 2. The van der Waals surface area contributed by atoms with Crippen LogP contribution in [0.3, 0.4) is 0 Å². The lowest BCUT2D eigenvalue weighted by Gasteiger charge is -2.09. The molecule has 126 valence electrons. The number of nitrogens with one attached hydrogen (secondary N) is 1. The lowest BCUT2D eigenvalue weighted by atomic mass is 10.1. The number of rotatable bonds is 3. The Bertz CT molecular complexity index is 1020. The van der Waals surface area contributed by atoms with E-state index < -0.39 is 39.5 Å². The van der Waals surface area contributed by atoms with Gasteiger partial charge in [-0.15, -0.1) is 0 Å². The average Bonchev–Trinajstić information content (AvgIpc) is 2.60. The highest BCUT2D eigenvalue weighted by Crippen LogP contribution is 2.27. The third kappa shape index (κ3) is 2.87. The van der Waals surface area contributed by atoms with E-state index in [1.807, 2.05) is 0 Å². The van der Waals surface area contributed by atoms with E-state index in [0.717, 1.165) is 0 Å². The number of nitro groups is 1. The summed E-state index contributed by atoms with van der Waals surface area (Å²) in [4.78, 5) is 25.8. The van der Waals surface area contributed by atoms with Gasteiger partial charge in [-0.2, -0.15) is 4.39 Å². The van der Waals surface area contributed by atoms with E-state index in [1.54, 1.807) is 24.3 Å². The summed E-state index contributed by atoms with van der Waals surface area (Å²) < 4.78 is 40.8. The molecule has 3 rings (SSSR count). The minimum atomic E-state index is -2.09. The number of halogens is 3. The molecule has 1 N–H and O–H groups in total. The first-order valence-electron chi connectivity index (χ1n) is 6.87. The van der Waals surface area contributed by atoms with Gasteiger partial charge in [0.25, 0.3) is 5.91 Å². The third-order valence-corrected chi connectivity index (χ3v) is 3.45. The van der Waals surface area contributed by atoms with Gasteiger partial charge in [-0.3, -0.25) is 19.9 Å². The van der Waals surface area contributed by atoms with E-state index in [4.69, 9.17) is 0 Å². The molecular weight excluding hydrogens is 339 g/mol. The number of hydrogen-bond donors (Lipinski definition) is 1. The topological polar surface area (TPSA) is 85.1 Å². The van der Waals surface area contributed by atoms with Crippen LogP contribution >= 0.6 is 0 Å². The fraction of sp³-hybridized carbons (Fsp3) is 0. The van der Waals surface area contributed by atoms with Gasteiger partial charge in [-0.05, 0) is 12.1 Å². The predicted molar refractivity (Wildman–Crippen MR) is 82.7 cm³/mol. The molecule has 0 aliphatic rings. The molecule has 0 atom stereocenters. The summed E-state index contributed by atoms with van der Waals surface area (Å²) in [5.74, 6) is -7.03. The zero-order chi connectivity index (χ0) is 18.1. The lowest BCUT2D eigenvalue weighted by molar-refractivity contribution is -0.387. The van der Waals surface area contributed by atoms with Crippen LogP contribution in [0.4, 0.5) is 24.5 Å². The van der Waals surface area contributed by atoms with Crippen molar-refractivity contribution in [2.75, 3.05) is 5.32 Å². The van der Waals surface area contributed by atoms with Crippen molar-refractivity contribution in [1.29, 1.82) is 0 Å². The highest BCUT2D eigenvalue weighted by atomic mass is 19.2. The van der Waals surface area contributed by atoms with Gasteiger partial charge in [-0.1, -0.05) is 18.2 Å². The molecule has 2 aromatic carbocycles. The fourth-order valence-electron chi connectivity index (χ4n) is 2.28. The number of aromatic nitrogens is 1. The van der Waals surface area contributed by atoms with E-state index in [0.29, 0.717) is 17.0 Å². The van der Waals surface area contributed by atoms with Crippen molar-refractivity contribution in [2.24, 2.45) is 0 Å². The molecule has 9 heteroatoms. The van der Waals surface area contributed by atoms with Gasteiger partial charge in [0.05, 0.1) is 21.7 Å². The first-order chi connectivity index (χ1) is 11.9. The van der Waals surface area contributed by atoms with Crippen LogP contribution in [0.25, 0.3) is 10.9 Å². The number of hydrogen-bond acceptors (Lipinski definition) is 4. The van der Waals surface area contributed by atoms with Gasteiger partial charge in [0.15, 0.2) is 5.82 Å². The van der Waals surface area contributed by atoms with E-state index in [-0.39, 0.29) is 5.69 Å². The smallest absolute Gasteiger partial charge is 0.308 e. The molecule has 0 aliphatic carbocycles. The molecule has 6 nitrogen and oxygen atoms in total. The fourth-order valence-corrected chi connectivity index (χ4v) is 2.28. The maximum Gasteiger partial charge on any atom is 0.308 e. The summed E-state index contributed by atoms with van der Waals surface area (Å²) in [5.41, 5.74) is -1.75. The summed E-state index contributed by atoms with van der Waals surface area (Å²) in [7, 11) is 0. The molecule has 0 unspecified atom stereocenters. The Balaban J connectivity index is 2.05. The molecular formula is C16H8F3N3O3. The SMILES string of the molecule is O=C(Nc1cccc2cccnc12)c1cc([N+](=O)[O-])c(F)c(F)c1F. The Labute approximate surface area is 138 Å². The van der Waals surface area contributed by atoms with Crippen LogP contribution in [0.1, 0.15) is 10.4 Å². The Kier molecular flexibility index (Phi) is 4.05. The van der Waals surface area contributed by atoms with E-state index >= 15 is 0 Å². The van der Waals surface area contributed by atoms with E-state index in [9.17, 15) is 28.1 Å². The Morgan fingerprint density at radius 3 is 2.52 bits per heavy atom. The number of amides is 1. The Morgan fingerprint density at radius 1 is 1.08 bits per heavy atom. The van der Waals surface area contributed by atoms with E-state index in [2.05, 4.69) is 10.3 Å². The van der Waals surface area contributed by atoms with Gasteiger partial charge < -0.3 is 5.32 Å². The Morgan fingerprint density at radius 2 is 1.80 bits per heavy atom. The molecule has 0 saturated carbocycles. The normalized spacial score (nSPS) is 10.7. The van der Waals surface area contributed by atoms with Crippen LogP contribution < -0.4 is 5.32 Å². The van der Waals surface area contributed by atoms with Gasteiger partial charge in [0, 0.05) is 17.6 Å². The van der Waals surface area contributed by atoms with Crippen molar-refractivity contribution < 1.29 is 22.9 Å². The molecule has 0 bridgehead atoms. The van der Waals surface area contributed by atoms with Crippen LogP contribution in [0.5, 0.6) is 0 Å². The number of nitro benzene ring substituents is 1. The number of para-hydroxylation sites is 1. The minimum Gasteiger partial charge on any atom is -0.320 e. The van der Waals surface area contributed by atoms with E-state index in [1.165, 1.54) is 12.3 Å². The van der Waals surface area contributed by atoms with Gasteiger partial charge >= 0.3 is 5.69 Å². The summed E-state index contributed by atoms with van der Waals surface area (Å²) in [6, 6.07) is 8.54. The van der Waals surface area contributed by atoms with Crippen LogP contribution in [-0.4, -0.2) is 15.8 Å². The minimum absolute atomic E-state index is 0.190. The predicted octanol–water partition coefficient (Wildman–Crippen LogP) is 3.81. The second-order valence-corrected chi connectivity index (χ2v) is 4.98. The number of carbonyl (C=O) groups excluding carboxylic acids is 1. The highest BCUT2D eigenvalue weighted by molar-refractivity contribution is 6.08. The Hall–Kier alpha value is -3.49. The average molecular weight is 347 g/mol. The molecule has 1 amide bonds. The molecule has 0 radical (unpaired) electrons. The number of fused-ring (bicyclic) bond motifs is 1. The summed E-state index contributed by atoms with van der Waals surface area (Å²) in [6.45, 7) is 0. The molecule has 0 aliphatic heterocycles. The largest absolute Gasteiger partial charge is 0.320 e. The van der Waals surface area contributed by atoms with Crippen LogP contribution in [0.15, 0.2) is 42.6 Å². The number of pyridine rings is 1. The second kappa shape index (κ2) is 6.19. The third-order valence-electron chi connectivity index (χ3n) is 3.45. The maximum absolute atomic E-state index is 13.9. The molecule has 1 aromatic heterocycles. The van der Waals surface area contributed by atoms with Crippen LogP contribution in [0.2, 0.25) is 0 Å². The van der Waals surface area contributed by atoms with Crippen molar-refractivity contribution in [3.05, 3.63) is 75.7 Å². The molecule has 0 saturated heterocycles. The first kappa shape index (κ1) is 16.4. The first-order valence-corrected chi connectivity index (χ1v) is 6.87. The molecule has 1 heterocycles. The van der Waals surface area contributed by atoms with Crippen molar-refractivity contribution in [3.8, 4) is 0 Å². The standard InChI is InChI=1S/C16H8F3N3O3/c17-12-9(7-11(22(24)25)13(18)14(12)19)16(23)21-10-5-1-3-8-4-2-6-20-15(8)10/h1-7H,(H,21,23). The lowest BCUT2D eigenvalue weighted by Crippen LogP contribution is -2.16. The number of anilines is 1. The summed E-state index contributed by atoms with van der Waals surface area (Å²) in [5, 5.41) is 13.7. The highest BCUT2D eigenvalue weighted by Gasteiger charge is 2.28. The zero-order valence-corrected chi connectivity index (χ0v) is 12.3. The summed E-state index contributed by atoms with van der Waals surface area (Å²) in [6.07, 6.45) is 1.47. The van der Waals surface area contributed by atoms with Crippen molar-refractivity contribution in [3.63, 3.8) is 0 Å². The van der Waals surface area contributed by atoms with Crippen molar-refractivity contribution in [1.82, 2.24) is 4.98 Å². The second-order valence-electron chi connectivity index (χ2n) is 4.98.